The maximum Gasteiger partial charge on any atom is 0.329 e. The molecule has 0 aromatic heterocycles. The first-order valence-corrected chi connectivity index (χ1v) is 4.90. The van der Waals surface area contributed by atoms with E-state index in [1.54, 1.807) is 0 Å². The van der Waals surface area contributed by atoms with Gasteiger partial charge in [-0.2, -0.15) is 0 Å². The molecule has 0 bridgehead atoms. The molecule has 0 N–H and O–H groups in total. The smallest absolute Gasteiger partial charge is 0.329 e. The van der Waals surface area contributed by atoms with Crippen molar-refractivity contribution in [3.05, 3.63) is 25.3 Å². The van der Waals surface area contributed by atoms with Crippen molar-refractivity contribution in [1.29, 1.82) is 0 Å². The number of carbonyl (C=O) groups excluding carboxylic acids is 2. The molecule has 0 aromatic rings. The lowest BCUT2D eigenvalue weighted by molar-refractivity contribution is -0.136. The van der Waals surface area contributed by atoms with Gasteiger partial charge in [-0.05, 0) is 0 Å². The van der Waals surface area contributed by atoms with Gasteiger partial charge in [-0.3, -0.25) is 0 Å². The van der Waals surface area contributed by atoms with Crippen LogP contribution in [0.4, 0.5) is 0 Å². The maximum absolute atomic E-state index is 10.9. The fourth-order valence-corrected chi connectivity index (χ4v) is 0.992. The van der Waals surface area contributed by atoms with Crippen LogP contribution in [0.25, 0.3) is 0 Å². The zero-order chi connectivity index (χ0) is 19.0. The van der Waals surface area contributed by atoms with Crippen LogP contribution in [0.3, 0.4) is 0 Å². The molecule has 4 nitrogen and oxygen atoms in total. The first kappa shape index (κ1) is 9.68. The Bertz CT molecular complexity index is 353. The summed E-state index contributed by atoms with van der Waals surface area (Å²) in [7, 11) is 11.3. The van der Waals surface area contributed by atoms with Gasteiger partial charge < -0.3 is 9.47 Å². The van der Waals surface area contributed by atoms with Crippen LogP contribution in [-0.2, 0) is 19.1 Å². The number of ether oxygens (including phenoxy) is 2. The zero-order valence-electron chi connectivity index (χ0n) is 15.5. The minimum Gasteiger partial charge on any atom is -0.472 e. The van der Waals surface area contributed by atoms with Crippen molar-refractivity contribution in [1.82, 2.24) is 0 Å². The summed E-state index contributed by atoms with van der Waals surface area (Å²) in [5.74, 6) is -1.69. The van der Waals surface area contributed by atoms with E-state index in [9.17, 15) is 9.59 Å². The second-order valence-corrected chi connectivity index (χ2v) is 3.31. The maximum atomic E-state index is 10.9. The van der Waals surface area contributed by atoms with E-state index >= 15 is 0 Å². The Kier molecular flexibility index (Phi) is 5.01. The van der Waals surface area contributed by atoms with Crippen LogP contribution in [0.1, 0.15) is 8.68 Å². The summed E-state index contributed by atoms with van der Waals surface area (Å²) in [6, 6.07) is -0.918. The van der Waals surface area contributed by atoms with Crippen LogP contribution in [0, 0.1) is 0 Å². The normalized spacial score (nSPS) is 11.5. The molecule has 4 radical (unpaired) electrons. The van der Waals surface area contributed by atoms with Gasteiger partial charge in [0.05, 0.1) is 15.8 Å². The molecule has 0 aromatic carbocycles. The summed E-state index contributed by atoms with van der Waals surface area (Å²) in [4.78, 5) is 21.9. The number of rotatable bonds is 8. The topological polar surface area (TPSA) is 52.6 Å². The van der Waals surface area contributed by atoms with E-state index in [2.05, 4.69) is 22.6 Å². The largest absolute Gasteiger partial charge is 0.472 e. The summed E-state index contributed by atoms with van der Waals surface area (Å²) in [6.45, 7) is 4.90. The molecule has 0 aliphatic carbocycles. The highest BCUT2D eigenvalue weighted by Gasteiger charge is 2.16. The van der Waals surface area contributed by atoms with Crippen molar-refractivity contribution < 1.29 is 27.7 Å². The molecule has 0 rings (SSSR count). The number of hydrogen-bond donors (Lipinski definition) is 0. The summed E-state index contributed by atoms with van der Waals surface area (Å²) >= 11 is 0. The van der Waals surface area contributed by atoms with Crippen molar-refractivity contribution in [2.75, 3.05) is 13.0 Å². The Balaban J connectivity index is -0.000000919. The van der Waals surface area contributed by atoms with Crippen molar-refractivity contribution in [2.24, 2.45) is 0 Å². The minimum absolute atomic E-state index is 0.108. The monoisotopic (exact) mass is 238 g/mol. The van der Waals surface area contributed by atoms with E-state index in [1.165, 1.54) is 0 Å². The van der Waals surface area contributed by atoms with E-state index in [0.717, 1.165) is 0 Å². The lowest BCUT2D eigenvalue weighted by atomic mass is 9.15. The standard InChI is InChI=1S/C9H12B4O4.2H2/c1-3-8(14)16-6-12(10)5-13(11)7-17-9(15)4-2;;/h3-4H,1-2,5-7H2;2*1H/i3D,4D;2*1+1D. The Morgan fingerprint density at radius 2 is 1.59 bits per heavy atom. The summed E-state index contributed by atoms with van der Waals surface area (Å²) in [5, 5.41) is 0. The lowest BCUT2D eigenvalue weighted by Gasteiger charge is -2.13. The fourth-order valence-electron chi connectivity index (χ4n) is 0.992. The summed E-state index contributed by atoms with van der Waals surface area (Å²) in [6.07, 6.45) is 0.246. The van der Waals surface area contributed by atoms with Gasteiger partial charge in [0.25, 0.3) is 0 Å². The molecule has 0 saturated carbocycles. The third kappa shape index (κ3) is 8.48. The zero-order valence-corrected chi connectivity index (χ0v) is 9.48. The van der Waals surface area contributed by atoms with Crippen LogP contribution in [0.5, 0.6) is 0 Å². The highest BCUT2D eigenvalue weighted by Crippen LogP contribution is 1.95. The van der Waals surface area contributed by atoms with Gasteiger partial charge in [0.15, 0.2) is 0 Å². The van der Waals surface area contributed by atoms with E-state index in [-0.39, 0.29) is 19.2 Å². The third-order valence-corrected chi connectivity index (χ3v) is 1.75. The molecule has 0 aliphatic rings. The van der Waals surface area contributed by atoms with Crippen LogP contribution >= 0.6 is 0 Å². The Morgan fingerprint density at radius 3 is 1.88 bits per heavy atom. The molecule has 0 saturated heterocycles. The quantitative estimate of drug-likeness (QED) is 0.335. The average molecular weight is 238 g/mol. The first-order valence-electron chi connectivity index (χ1n) is 7.90. The molecule has 17 heavy (non-hydrogen) atoms. The second-order valence-electron chi connectivity index (χ2n) is 3.31. The van der Waals surface area contributed by atoms with Crippen LogP contribution in [-0.4, -0.2) is 53.6 Å². The molecular formula is C9H16B4O4. The van der Waals surface area contributed by atoms with Gasteiger partial charge in [-0.25, -0.2) is 9.59 Å². The Hall–Kier alpha value is -1.32. The molecule has 8 heteroatoms. The van der Waals surface area contributed by atoms with Crippen molar-refractivity contribution in [3.8, 4) is 0 Å². The Morgan fingerprint density at radius 1 is 1.24 bits per heavy atom. The Labute approximate surface area is 114 Å². The molecule has 0 amide bonds. The second kappa shape index (κ2) is 8.79. The summed E-state index contributed by atoms with van der Waals surface area (Å²) < 4.78 is 43.2. The molecule has 0 heterocycles. The SMILES string of the molecule is [2H]C(=C)C(=O)OCB([B])CB([B])COC(=O)C([2H])=C.[2H][2H].[2H][2H]. The van der Waals surface area contributed by atoms with E-state index in [1.807, 2.05) is 0 Å². The molecule has 0 aliphatic heterocycles. The van der Waals surface area contributed by atoms with E-state index < -0.39 is 37.2 Å². The van der Waals surface area contributed by atoms with Gasteiger partial charge in [0.1, 0.15) is 13.2 Å². The van der Waals surface area contributed by atoms with Crippen molar-refractivity contribution in [3.63, 3.8) is 0 Å². The molecule has 0 unspecified atom stereocenters. The van der Waals surface area contributed by atoms with E-state index in [4.69, 9.17) is 24.2 Å². The highest BCUT2D eigenvalue weighted by molar-refractivity contribution is 7.16. The predicted octanol–water partition coefficient (Wildman–Crippen LogP) is -0.126. The van der Waals surface area contributed by atoms with Gasteiger partial charge in [0, 0.05) is 33.5 Å². The van der Waals surface area contributed by atoms with Crippen LogP contribution < -0.4 is 0 Å². The lowest BCUT2D eigenvalue weighted by Crippen LogP contribution is -2.34. The highest BCUT2D eigenvalue weighted by atomic mass is 16.5. The van der Waals surface area contributed by atoms with Gasteiger partial charge >= 0.3 is 11.9 Å². The molecule has 0 spiro atoms. The van der Waals surface area contributed by atoms with Gasteiger partial charge in [-0.1, -0.05) is 13.2 Å². The number of carbonyl (C=O) groups is 2. The van der Waals surface area contributed by atoms with Gasteiger partial charge in [0.2, 0.25) is 0 Å². The predicted molar refractivity (Wildman–Crippen MR) is 74.4 cm³/mol. The van der Waals surface area contributed by atoms with Crippen LogP contribution in [0.15, 0.2) is 25.3 Å². The molecule has 0 fully saturated rings. The molecular weight excluding hydrogens is 215 g/mol. The van der Waals surface area contributed by atoms with Crippen LogP contribution in [0.2, 0.25) is 6.22 Å². The first-order chi connectivity index (χ1) is 10.7. The number of esters is 2. The van der Waals surface area contributed by atoms with E-state index in [0.29, 0.717) is 0 Å². The van der Waals surface area contributed by atoms with Crippen molar-refractivity contribution >= 4 is 40.6 Å². The van der Waals surface area contributed by atoms with Crippen molar-refractivity contribution in [2.45, 2.75) is 6.22 Å². The fraction of sp³-hybridized carbons (Fsp3) is 0.333. The summed E-state index contributed by atoms with van der Waals surface area (Å²) in [5.41, 5.74) is 0. The third-order valence-electron chi connectivity index (χ3n) is 1.75. The molecule has 88 valence electrons. The number of hydrogen-bond acceptors (Lipinski definition) is 4. The minimum atomic E-state index is -0.846. The molecule has 0 atom stereocenters. The average Bonchev–Trinajstić information content (AvgIpc) is 2.53. The van der Waals surface area contributed by atoms with Gasteiger partial charge in [-0.15, -0.1) is 6.22 Å².